The van der Waals surface area contributed by atoms with E-state index in [4.69, 9.17) is 32.9 Å². The monoisotopic (exact) mass is 401 g/mol. The summed E-state index contributed by atoms with van der Waals surface area (Å²) in [6.45, 7) is 3.86. The number of ether oxygens (including phenoxy) is 1. The van der Waals surface area contributed by atoms with Crippen molar-refractivity contribution in [3.63, 3.8) is 0 Å². The molecule has 0 amide bonds. The number of aryl methyl sites for hydroxylation is 1. The van der Waals surface area contributed by atoms with Gasteiger partial charge < -0.3 is 9.30 Å². The Morgan fingerprint density at radius 1 is 1.11 bits per heavy atom. The van der Waals surface area contributed by atoms with E-state index in [9.17, 15) is 0 Å². The van der Waals surface area contributed by atoms with Crippen molar-refractivity contribution >= 4 is 34.2 Å². The van der Waals surface area contributed by atoms with Gasteiger partial charge in [-0.25, -0.2) is 4.98 Å². The second kappa shape index (κ2) is 6.69. The Hall–Kier alpha value is -1.75. The summed E-state index contributed by atoms with van der Waals surface area (Å²) in [7, 11) is 2.10. The molecule has 2 atom stereocenters. The van der Waals surface area contributed by atoms with Crippen LogP contribution in [0.4, 0.5) is 0 Å². The highest BCUT2D eigenvalue weighted by molar-refractivity contribution is 6.34. The van der Waals surface area contributed by atoms with E-state index in [0.29, 0.717) is 21.7 Å². The molecule has 2 heterocycles. The summed E-state index contributed by atoms with van der Waals surface area (Å²) in [5.74, 6) is 3.88. The zero-order valence-corrected chi connectivity index (χ0v) is 16.6. The van der Waals surface area contributed by atoms with Gasteiger partial charge in [0.2, 0.25) is 0 Å². The van der Waals surface area contributed by atoms with E-state index < -0.39 is 0 Å². The molecular weight excluding hydrogens is 381 g/mol. The van der Waals surface area contributed by atoms with Crippen LogP contribution in [0.25, 0.3) is 11.0 Å². The normalized spacial score (nSPS) is 24.3. The number of aromatic nitrogens is 2. The third-order valence-electron chi connectivity index (χ3n) is 6.02. The minimum atomic E-state index is 0.619. The van der Waals surface area contributed by atoms with Crippen molar-refractivity contribution in [3.05, 3.63) is 58.3 Å². The Kier molecular flexibility index (Phi) is 4.30. The summed E-state index contributed by atoms with van der Waals surface area (Å²) in [6, 6.07) is 13.7. The maximum absolute atomic E-state index is 6.18. The lowest BCUT2D eigenvalue weighted by molar-refractivity contribution is 0.226. The predicted molar refractivity (Wildman–Crippen MR) is 108 cm³/mol. The average Bonchev–Trinajstić information content (AvgIpc) is 2.98. The summed E-state index contributed by atoms with van der Waals surface area (Å²) < 4.78 is 8.15. The van der Waals surface area contributed by atoms with Crippen LogP contribution in [0.2, 0.25) is 10.0 Å². The Labute approximate surface area is 168 Å². The molecular formula is C21H21Cl2N3O. The van der Waals surface area contributed by atoms with E-state index in [2.05, 4.69) is 34.7 Å². The second-order valence-corrected chi connectivity index (χ2v) is 8.49. The standard InChI is InChI=1S/C21H21Cl2N3O/c1-25-19-5-3-2-4-18(19)24-21(25)11-26-9-14-15(10-26)16(14)12-27-20-8-13(22)6-7-17(20)23/h2-8,14-16H,9-12H2,1H3. The third-order valence-corrected chi connectivity index (χ3v) is 6.56. The molecule has 2 fully saturated rings. The van der Waals surface area contributed by atoms with Crippen LogP contribution in [-0.2, 0) is 13.6 Å². The van der Waals surface area contributed by atoms with E-state index in [0.717, 1.165) is 49.4 Å². The lowest BCUT2D eigenvalue weighted by Crippen LogP contribution is -2.26. The fourth-order valence-corrected chi connectivity index (χ4v) is 4.76. The summed E-state index contributed by atoms with van der Waals surface area (Å²) in [6.07, 6.45) is 0. The number of fused-ring (bicyclic) bond motifs is 2. The van der Waals surface area contributed by atoms with E-state index in [1.54, 1.807) is 18.2 Å². The quantitative estimate of drug-likeness (QED) is 0.623. The van der Waals surface area contributed by atoms with Crippen LogP contribution < -0.4 is 4.74 Å². The largest absolute Gasteiger partial charge is 0.492 e. The molecule has 2 unspecified atom stereocenters. The van der Waals surface area contributed by atoms with Gasteiger partial charge in [0.05, 0.1) is 29.2 Å². The summed E-state index contributed by atoms with van der Waals surface area (Å²) >= 11 is 12.2. The van der Waals surface area contributed by atoms with Gasteiger partial charge in [-0.1, -0.05) is 35.3 Å². The van der Waals surface area contributed by atoms with E-state index in [1.165, 1.54) is 5.52 Å². The highest BCUT2D eigenvalue weighted by Gasteiger charge is 2.55. The molecule has 1 aliphatic heterocycles. The van der Waals surface area contributed by atoms with Crippen molar-refractivity contribution in [1.82, 2.24) is 14.5 Å². The second-order valence-electron chi connectivity index (χ2n) is 7.65. The number of para-hydroxylation sites is 2. The Morgan fingerprint density at radius 2 is 1.89 bits per heavy atom. The number of likely N-dealkylation sites (tertiary alicyclic amines) is 1. The lowest BCUT2D eigenvalue weighted by atomic mass is 10.2. The first-order chi connectivity index (χ1) is 13.1. The topological polar surface area (TPSA) is 30.3 Å². The zero-order chi connectivity index (χ0) is 18.5. The van der Waals surface area contributed by atoms with Crippen molar-refractivity contribution in [2.24, 2.45) is 24.8 Å². The molecule has 1 aromatic heterocycles. The molecule has 27 heavy (non-hydrogen) atoms. The highest BCUT2D eigenvalue weighted by Crippen LogP contribution is 2.52. The summed E-state index contributed by atoms with van der Waals surface area (Å²) in [4.78, 5) is 7.31. The first-order valence-corrected chi connectivity index (χ1v) is 10.1. The van der Waals surface area contributed by atoms with Gasteiger partial charge in [-0.2, -0.15) is 0 Å². The third kappa shape index (κ3) is 3.20. The molecule has 4 nitrogen and oxygen atoms in total. The van der Waals surface area contributed by atoms with Crippen molar-refractivity contribution < 1.29 is 4.74 Å². The number of hydrogen-bond acceptors (Lipinski definition) is 3. The first-order valence-electron chi connectivity index (χ1n) is 9.30. The Bertz CT molecular complexity index is 990. The molecule has 0 bridgehead atoms. The van der Waals surface area contributed by atoms with Gasteiger partial charge in [-0.3, -0.25) is 4.90 Å². The fourth-order valence-electron chi connectivity index (χ4n) is 4.42. The van der Waals surface area contributed by atoms with Gasteiger partial charge in [0, 0.05) is 37.1 Å². The molecule has 0 spiro atoms. The van der Waals surface area contributed by atoms with Crippen LogP contribution in [0.1, 0.15) is 5.82 Å². The predicted octanol–water partition coefficient (Wildman–Crippen LogP) is 4.64. The number of benzene rings is 2. The number of hydrogen-bond donors (Lipinski definition) is 0. The van der Waals surface area contributed by atoms with Crippen LogP contribution >= 0.6 is 23.2 Å². The Balaban J connectivity index is 1.17. The van der Waals surface area contributed by atoms with Crippen LogP contribution in [0.3, 0.4) is 0 Å². The first kappa shape index (κ1) is 17.4. The molecule has 1 saturated heterocycles. The molecule has 1 aliphatic carbocycles. The smallest absolute Gasteiger partial charge is 0.139 e. The molecule has 1 saturated carbocycles. The number of nitrogens with zero attached hydrogens (tertiary/aromatic N) is 3. The van der Waals surface area contributed by atoms with Gasteiger partial charge in [0.1, 0.15) is 11.6 Å². The molecule has 6 heteroatoms. The van der Waals surface area contributed by atoms with Gasteiger partial charge >= 0.3 is 0 Å². The van der Waals surface area contributed by atoms with E-state index >= 15 is 0 Å². The molecule has 5 rings (SSSR count). The number of imidazole rings is 1. The molecule has 3 aromatic rings. The number of piperidine rings is 1. The number of halogens is 2. The zero-order valence-electron chi connectivity index (χ0n) is 15.1. The molecule has 2 aromatic carbocycles. The average molecular weight is 402 g/mol. The molecule has 0 N–H and O–H groups in total. The summed E-state index contributed by atoms with van der Waals surface area (Å²) in [5.41, 5.74) is 2.27. The molecule has 2 aliphatic rings. The number of rotatable bonds is 5. The molecule has 0 radical (unpaired) electrons. The van der Waals surface area contributed by atoms with Crippen LogP contribution in [0.15, 0.2) is 42.5 Å². The summed E-state index contributed by atoms with van der Waals surface area (Å²) in [5, 5.41) is 1.27. The van der Waals surface area contributed by atoms with Crippen LogP contribution in [0, 0.1) is 17.8 Å². The van der Waals surface area contributed by atoms with Gasteiger partial charge in [-0.05, 0) is 36.1 Å². The van der Waals surface area contributed by atoms with Gasteiger partial charge in [-0.15, -0.1) is 0 Å². The minimum absolute atomic E-state index is 0.619. The maximum atomic E-state index is 6.18. The highest BCUT2D eigenvalue weighted by atomic mass is 35.5. The van der Waals surface area contributed by atoms with Crippen LogP contribution in [-0.4, -0.2) is 34.1 Å². The maximum Gasteiger partial charge on any atom is 0.139 e. The van der Waals surface area contributed by atoms with Crippen molar-refractivity contribution in [3.8, 4) is 5.75 Å². The van der Waals surface area contributed by atoms with E-state index in [-0.39, 0.29) is 0 Å². The Morgan fingerprint density at radius 3 is 2.67 bits per heavy atom. The fraction of sp³-hybridized carbons (Fsp3) is 0.381. The lowest BCUT2D eigenvalue weighted by Gasteiger charge is -2.19. The molecule has 140 valence electrons. The van der Waals surface area contributed by atoms with Crippen LogP contribution in [0.5, 0.6) is 5.75 Å². The van der Waals surface area contributed by atoms with Gasteiger partial charge in [0.25, 0.3) is 0 Å². The van der Waals surface area contributed by atoms with Crippen molar-refractivity contribution in [2.75, 3.05) is 19.7 Å². The van der Waals surface area contributed by atoms with E-state index in [1.807, 2.05) is 6.07 Å². The SMILES string of the molecule is Cn1c(CN2CC3C(COc4cc(Cl)ccc4Cl)C3C2)nc2ccccc21. The van der Waals surface area contributed by atoms with Crippen molar-refractivity contribution in [1.29, 1.82) is 0 Å². The van der Waals surface area contributed by atoms with Gasteiger partial charge in [0.15, 0.2) is 0 Å². The van der Waals surface area contributed by atoms with Crippen molar-refractivity contribution in [2.45, 2.75) is 6.54 Å². The minimum Gasteiger partial charge on any atom is -0.492 e.